The molecule has 6 N–H and O–H groups in total. The van der Waals surface area contributed by atoms with Gasteiger partial charge in [-0.3, -0.25) is 0 Å². The van der Waals surface area contributed by atoms with Gasteiger partial charge in [0.25, 0.3) is 0 Å². The molecular formula is C87H176N4O13Si2. The number of ether oxygens (including phenoxy) is 6. The molecule has 0 spiro atoms. The van der Waals surface area contributed by atoms with Crippen molar-refractivity contribution in [3.05, 3.63) is 37.5 Å². The van der Waals surface area contributed by atoms with Crippen LogP contribution in [0.3, 0.4) is 0 Å². The third-order valence-corrected chi connectivity index (χ3v) is 26.2. The van der Waals surface area contributed by atoms with Crippen molar-refractivity contribution in [2.75, 3.05) is 119 Å². The first-order chi connectivity index (χ1) is 51.7. The van der Waals surface area contributed by atoms with Gasteiger partial charge in [-0.25, -0.2) is 9.59 Å². The number of fused-ring (bicyclic) bond motifs is 5. The lowest BCUT2D eigenvalue weighted by molar-refractivity contribution is -0.138. The van der Waals surface area contributed by atoms with Crippen molar-refractivity contribution in [1.82, 2.24) is 10.6 Å². The summed E-state index contributed by atoms with van der Waals surface area (Å²) < 4.78 is 53.1. The van der Waals surface area contributed by atoms with Crippen LogP contribution in [0.15, 0.2) is 37.5 Å². The van der Waals surface area contributed by atoms with Gasteiger partial charge in [-0.2, -0.15) is 0 Å². The molecule has 0 aromatic carbocycles. The molecule has 6 atom stereocenters. The normalized spacial score (nSPS) is 17.6. The minimum absolute atomic E-state index is 0.256. The van der Waals surface area contributed by atoms with Gasteiger partial charge < -0.3 is 73.0 Å². The van der Waals surface area contributed by atoms with E-state index in [1.54, 1.807) is 52.4 Å². The Morgan fingerprint density at radius 1 is 0.453 bits per heavy atom. The topological polar surface area (TPSA) is 226 Å². The number of esters is 2. The summed E-state index contributed by atoms with van der Waals surface area (Å²) in [7, 11) is -3.84. The number of nitrogens with one attached hydrogen (secondary N) is 2. The summed E-state index contributed by atoms with van der Waals surface area (Å²) in [6, 6.07) is 2.00. The van der Waals surface area contributed by atoms with Crippen molar-refractivity contribution in [2.45, 2.75) is 362 Å². The lowest BCUT2D eigenvalue weighted by atomic mass is 9.82. The van der Waals surface area contributed by atoms with Crippen LogP contribution in [0.1, 0.15) is 325 Å². The Bertz CT molecular complexity index is 1730. The van der Waals surface area contributed by atoms with Gasteiger partial charge in [-0.1, -0.05) is 239 Å². The van der Waals surface area contributed by atoms with Crippen LogP contribution in [0.4, 0.5) is 0 Å². The average molecular weight is 1540 g/mol. The molecule has 5 fully saturated rings. The van der Waals surface area contributed by atoms with Gasteiger partial charge in [0, 0.05) is 51.3 Å². The van der Waals surface area contributed by atoms with E-state index < -0.39 is 17.1 Å². The summed E-state index contributed by atoms with van der Waals surface area (Å²) in [4.78, 5) is 28.6. The molecule has 2 aliphatic heterocycles. The third-order valence-electron chi connectivity index (χ3n) is 20.1. The van der Waals surface area contributed by atoms with Gasteiger partial charge in [0.05, 0.1) is 33.0 Å². The Morgan fingerprint density at radius 2 is 0.764 bits per heavy atom. The lowest BCUT2D eigenvalue weighted by Gasteiger charge is -2.25. The molecule has 0 amide bonds. The zero-order valence-corrected chi connectivity index (χ0v) is 73.2. The fourth-order valence-corrected chi connectivity index (χ4v) is 18.9. The molecule has 6 unspecified atom stereocenters. The van der Waals surface area contributed by atoms with E-state index >= 15 is 0 Å². The van der Waals surface area contributed by atoms with Crippen LogP contribution in [-0.4, -0.2) is 167 Å². The fraction of sp³-hybridized carbons (Fsp3) is 0.897. The number of carbonyl (C=O) groups is 3. The number of nitrogens with two attached hydrogens (primary N) is 2. The molecule has 106 heavy (non-hydrogen) atoms. The maximum atomic E-state index is 10.5. The van der Waals surface area contributed by atoms with Crippen molar-refractivity contribution in [1.29, 1.82) is 0 Å². The predicted molar refractivity (Wildman–Crippen MR) is 453 cm³/mol. The van der Waals surface area contributed by atoms with Crippen LogP contribution in [0.2, 0.25) is 25.2 Å². The van der Waals surface area contributed by atoms with Crippen molar-refractivity contribution in [2.24, 2.45) is 35.1 Å². The largest absolute Gasteiger partial charge is 0.463 e. The Balaban J connectivity index is -0.00000120. The number of epoxide rings is 2. The Kier molecular flexibility index (Phi) is 85.2. The molecule has 0 aromatic heterocycles. The molecule has 19 heteroatoms. The van der Waals surface area contributed by atoms with E-state index in [1.807, 2.05) is 34.5 Å². The molecule has 5 aliphatic rings. The molecule has 3 saturated carbocycles. The summed E-state index contributed by atoms with van der Waals surface area (Å²) in [5.74, 6) is 4.07. The first-order valence-electron chi connectivity index (χ1n) is 43.9. The second-order valence-corrected chi connectivity index (χ2v) is 36.6. The smallest absolute Gasteiger partial charge is 0.334 e. The molecule has 2 heterocycles. The number of carbonyl (C=O) groups excluding carboxylic acids is 3. The molecule has 3 aliphatic carbocycles. The highest BCUT2D eigenvalue weighted by atomic mass is 28.4. The summed E-state index contributed by atoms with van der Waals surface area (Å²) >= 11 is 0. The summed E-state index contributed by atoms with van der Waals surface area (Å²) in [6.07, 6.45) is 63.3. The van der Waals surface area contributed by atoms with Crippen molar-refractivity contribution in [3.63, 3.8) is 0 Å². The zero-order valence-electron chi connectivity index (χ0n) is 71.2. The molecule has 630 valence electrons. The number of hydrogen-bond donors (Lipinski definition) is 4. The predicted octanol–water partition coefficient (Wildman–Crippen LogP) is 20.9. The van der Waals surface area contributed by atoms with Crippen molar-refractivity contribution < 1.29 is 60.5 Å². The molecule has 17 nitrogen and oxygen atoms in total. The minimum Gasteiger partial charge on any atom is -0.463 e. The van der Waals surface area contributed by atoms with Crippen LogP contribution < -0.4 is 22.1 Å². The minimum atomic E-state index is -1.92. The first-order valence-corrected chi connectivity index (χ1v) is 49.0. The van der Waals surface area contributed by atoms with E-state index in [9.17, 15) is 9.59 Å². The molecule has 5 rings (SSSR count). The van der Waals surface area contributed by atoms with Gasteiger partial charge in [-0.15, -0.1) is 0 Å². The number of hydrogen-bond acceptors (Lipinski definition) is 17. The van der Waals surface area contributed by atoms with Crippen LogP contribution in [0.5, 0.6) is 0 Å². The molecule has 0 radical (unpaired) electrons. The van der Waals surface area contributed by atoms with Gasteiger partial charge in [0.1, 0.15) is 25.6 Å². The van der Waals surface area contributed by atoms with Gasteiger partial charge in [0.15, 0.2) is 0 Å². The SMILES string of the molecule is C1CC2C3CCC(C3)C2C1.C=CC(=O)OCC.C=CCOC(=O)C(=C)C.C=O.CCCCCCCCCCCCCCCCCCNCCCN.CCCCCCCCCCCCCCCCCCNCCCN.CCO[Si](C)(CCCOCC1CO1)OCC.CCO[Si](C)(CCCOCC1CO1)OCC. The average Bonchev–Trinajstić information content (AvgIpc) is 1.62. The van der Waals surface area contributed by atoms with Crippen LogP contribution in [0, 0.1) is 23.7 Å². The standard InChI is InChI=1S/2C21H46N2.2C11H24O4Si.C10H16.C7H10O2.C5H8O2.CH2O/c2*1-2-3-4-5-6-7-8-9-10-11-12-13-14-15-16-17-20-23-21-18-19-22;2*1-4-14-16(3,15-5-2)8-6-7-12-9-11-10-13-11;1-2-9-7-4-5-8(6-7)10(9)3-1;1-4-5-9-7(8)6(2)3;1-3-5(6)7-4-2;1-2/h2*23H,2-22H2,1H3;2*11H,4-10H2,1-3H3;7-10H,1-6H2;4H,1-2,5H2,3H3;3H,1,4H2,2H3;1H2. The molecular weight excluding hydrogens is 1370 g/mol. The van der Waals surface area contributed by atoms with E-state index in [0.29, 0.717) is 24.4 Å². The number of unbranched alkanes of at least 4 members (excludes halogenated alkanes) is 30. The summed E-state index contributed by atoms with van der Waals surface area (Å²) in [5.41, 5.74) is 11.3. The number of rotatable bonds is 65. The highest BCUT2D eigenvalue weighted by Gasteiger charge is 2.49. The van der Waals surface area contributed by atoms with E-state index in [2.05, 4.69) is 66.8 Å². The highest BCUT2D eigenvalue weighted by Crippen LogP contribution is 2.58. The summed E-state index contributed by atoms with van der Waals surface area (Å²) in [5, 5.41) is 6.91. The van der Waals surface area contributed by atoms with E-state index in [1.165, 1.54) is 248 Å². The van der Waals surface area contributed by atoms with Gasteiger partial charge in [0.2, 0.25) is 0 Å². The monoisotopic (exact) mass is 1540 g/mol. The second kappa shape index (κ2) is 83.7. The second-order valence-electron chi connectivity index (χ2n) is 29.9. The Morgan fingerprint density at radius 3 is 1.02 bits per heavy atom. The van der Waals surface area contributed by atoms with Gasteiger partial charge >= 0.3 is 29.1 Å². The quantitative estimate of drug-likeness (QED) is 0.0111. The van der Waals surface area contributed by atoms with Crippen LogP contribution in [0.25, 0.3) is 0 Å². The van der Waals surface area contributed by atoms with E-state index in [-0.39, 0.29) is 18.5 Å². The van der Waals surface area contributed by atoms with Gasteiger partial charge in [-0.05, 0) is 200 Å². The molecule has 2 saturated heterocycles. The van der Waals surface area contributed by atoms with Crippen molar-refractivity contribution in [3.8, 4) is 0 Å². The third kappa shape index (κ3) is 74.5. The van der Waals surface area contributed by atoms with Crippen LogP contribution >= 0.6 is 0 Å². The van der Waals surface area contributed by atoms with Crippen LogP contribution in [-0.2, 0) is 60.5 Å². The van der Waals surface area contributed by atoms with E-state index in [0.717, 1.165) is 136 Å². The molecule has 0 aromatic rings. The lowest BCUT2D eigenvalue weighted by Crippen LogP contribution is -2.38. The van der Waals surface area contributed by atoms with Crippen molar-refractivity contribution >= 4 is 35.8 Å². The zero-order chi connectivity index (χ0) is 78.9. The maximum Gasteiger partial charge on any atom is 0.334 e. The van der Waals surface area contributed by atoms with E-state index in [4.69, 9.17) is 52.9 Å². The first kappa shape index (κ1) is 108. The summed E-state index contributed by atoms with van der Waals surface area (Å²) in [6.45, 7) is 46.8. The Labute approximate surface area is 657 Å². The highest BCUT2D eigenvalue weighted by molar-refractivity contribution is 6.66. The fourth-order valence-electron chi connectivity index (χ4n) is 14.1. The Hall–Kier alpha value is -2.22. The molecule has 2 bridgehead atoms. The maximum absolute atomic E-state index is 10.5.